The Morgan fingerprint density at radius 3 is 2.68 bits per heavy atom. The molecule has 2 saturated heterocycles. The van der Waals surface area contributed by atoms with Crippen molar-refractivity contribution in [2.24, 2.45) is 0 Å². The summed E-state index contributed by atoms with van der Waals surface area (Å²) < 4.78 is 12.7. The third-order valence-electron chi connectivity index (χ3n) is 7.06. The number of pyridine rings is 2. The molecular weight excluding hydrogens is 430 g/mol. The number of fused-ring (bicyclic) bond motifs is 2. The lowest BCUT2D eigenvalue weighted by Crippen LogP contribution is -2.53. The van der Waals surface area contributed by atoms with Gasteiger partial charge in [0.2, 0.25) is 0 Å². The molecule has 2 aliphatic rings. The normalized spacial score (nSPS) is 17.7. The van der Waals surface area contributed by atoms with Crippen LogP contribution in [0, 0.1) is 0 Å². The predicted molar refractivity (Wildman–Crippen MR) is 132 cm³/mol. The maximum Gasteiger partial charge on any atom is 0.197 e. The monoisotopic (exact) mass is 461 g/mol. The summed E-state index contributed by atoms with van der Waals surface area (Å²) in [5.41, 5.74) is 5.12. The highest BCUT2D eigenvalue weighted by Crippen LogP contribution is 2.38. The van der Waals surface area contributed by atoms with E-state index in [1.165, 1.54) is 10.9 Å². The van der Waals surface area contributed by atoms with Gasteiger partial charge in [-0.05, 0) is 36.5 Å². The maximum absolute atomic E-state index is 5.60. The van der Waals surface area contributed by atoms with Crippen molar-refractivity contribution < 1.29 is 9.47 Å². The summed E-state index contributed by atoms with van der Waals surface area (Å²) in [7, 11) is 1.66. The lowest BCUT2D eigenvalue weighted by Gasteiger charge is -2.37. The average molecular weight is 462 g/mol. The molecule has 6 rings (SSSR count). The standard InChI is InChI=1S/C25H31N7O2/c1-15(2)23-19-9-22(31-6-4-17(5-7-31)29-18-12-34-13-18)26-10-20(19)30-24(23)16-8-21(33-3)25-27-14-28-32(25)11-16/h8-11,14-15,17-18,29-30H,4-7,12-13H2,1-3H3. The number of aromatic nitrogens is 5. The molecule has 0 amide bonds. The molecule has 0 radical (unpaired) electrons. The second-order valence-corrected chi connectivity index (χ2v) is 9.64. The minimum atomic E-state index is 0.330. The lowest BCUT2D eigenvalue weighted by molar-refractivity contribution is -0.0111. The van der Waals surface area contributed by atoms with Crippen molar-refractivity contribution in [2.45, 2.75) is 44.7 Å². The van der Waals surface area contributed by atoms with E-state index in [-0.39, 0.29) is 0 Å². The minimum absolute atomic E-state index is 0.330. The van der Waals surface area contributed by atoms with Gasteiger partial charge in [0.1, 0.15) is 12.1 Å². The molecule has 2 aliphatic heterocycles. The number of nitrogens with zero attached hydrogens (tertiary/aromatic N) is 5. The molecule has 34 heavy (non-hydrogen) atoms. The van der Waals surface area contributed by atoms with Crippen LogP contribution in [0.3, 0.4) is 0 Å². The summed E-state index contributed by atoms with van der Waals surface area (Å²) in [6.07, 6.45) is 7.78. The number of hydrogen-bond donors (Lipinski definition) is 2. The van der Waals surface area contributed by atoms with E-state index >= 15 is 0 Å². The predicted octanol–water partition coefficient (Wildman–Crippen LogP) is 3.36. The number of rotatable bonds is 6. The second-order valence-electron chi connectivity index (χ2n) is 9.64. The molecule has 0 spiro atoms. The summed E-state index contributed by atoms with van der Waals surface area (Å²) >= 11 is 0. The van der Waals surface area contributed by atoms with Gasteiger partial charge in [0.25, 0.3) is 0 Å². The fourth-order valence-electron chi connectivity index (χ4n) is 5.23. The highest BCUT2D eigenvalue weighted by molar-refractivity contribution is 5.92. The smallest absolute Gasteiger partial charge is 0.197 e. The molecule has 0 atom stereocenters. The molecule has 9 heteroatoms. The van der Waals surface area contributed by atoms with Crippen LogP contribution in [0.25, 0.3) is 27.8 Å². The average Bonchev–Trinajstić information content (AvgIpc) is 3.45. The Balaban J connectivity index is 1.33. The van der Waals surface area contributed by atoms with Gasteiger partial charge in [-0.1, -0.05) is 13.8 Å². The van der Waals surface area contributed by atoms with Crippen LogP contribution in [0.5, 0.6) is 5.75 Å². The van der Waals surface area contributed by atoms with Crippen LogP contribution in [-0.2, 0) is 4.74 Å². The Kier molecular flexibility index (Phi) is 5.38. The van der Waals surface area contributed by atoms with Gasteiger partial charge in [-0.15, -0.1) is 0 Å². The van der Waals surface area contributed by atoms with Gasteiger partial charge in [-0.2, -0.15) is 5.10 Å². The fraction of sp³-hybridized carbons (Fsp3) is 0.480. The third kappa shape index (κ3) is 3.69. The van der Waals surface area contributed by atoms with E-state index in [0.717, 1.165) is 61.7 Å². The Hall–Kier alpha value is -3.17. The number of anilines is 1. The molecule has 9 nitrogen and oxygen atoms in total. The van der Waals surface area contributed by atoms with E-state index in [1.54, 1.807) is 18.0 Å². The topological polar surface area (TPSA) is 92.6 Å². The van der Waals surface area contributed by atoms with E-state index in [4.69, 9.17) is 14.5 Å². The van der Waals surface area contributed by atoms with Crippen LogP contribution >= 0.6 is 0 Å². The van der Waals surface area contributed by atoms with Crippen LogP contribution in [0.4, 0.5) is 5.82 Å². The molecule has 4 aromatic heterocycles. The van der Waals surface area contributed by atoms with E-state index < -0.39 is 0 Å². The van der Waals surface area contributed by atoms with Gasteiger partial charge >= 0.3 is 0 Å². The molecule has 0 unspecified atom stereocenters. The fourth-order valence-corrected chi connectivity index (χ4v) is 5.23. The van der Waals surface area contributed by atoms with Crippen molar-refractivity contribution in [3.8, 4) is 17.0 Å². The highest BCUT2D eigenvalue weighted by atomic mass is 16.5. The van der Waals surface area contributed by atoms with Crippen molar-refractivity contribution >= 4 is 22.4 Å². The third-order valence-corrected chi connectivity index (χ3v) is 7.06. The number of piperidine rings is 1. The molecular formula is C25H31N7O2. The van der Waals surface area contributed by atoms with Gasteiger partial charge in [-0.3, -0.25) is 0 Å². The number of ether oxygens (including phenoxy) is 2. The zero-order chi connectivity index (χ0) is 23.2. The van der Waals surface area contributed by atoms with Crippen LogP contribution in [0.15, 0.2) is 30.9 Å². The quantitative estimate of drug-likeness (QED) is 0.455. The number of nitrogens with one attached hydrogen (secondary N) is 2. The van der Waals surface area contributed by atoms with Crippen molar-refractivity contribution in [1.29, 1.82) is 0 Å². The maximum atomic E-state index is 5.60. The van der Waals surface area contributed by atoms with Crippen molar-refractivity contribution in [3.63, 3.8) is 0 Å². The molecule has 0 saturated carbocycles. The highest BCUT2D eigenvalue weighted by Gasteiger charge is 2.26. The van der Waals surface area contributed by atoms with Crippen LogP contribution in [0.1, 0.15) is 38.2 Å². The van der Waals surface area contributed by atoms with Crippen molar-refractivity contribution in [2.75, 3.05) is 38.3 Å². The van der Waals surface area contributed by atoms with Crippen LogP contribution in [0.2, 0.25) is 0 Å². The number of H-pyrrole nitrogens is 1. The molecule has 0 bridgehead atoms. The summed E-state index contributed by atoms with van der Waals surface area (Å²) in [6.45, 7) is 8.19. The Labute approximate surface area is 198 Å². The van der Waals surface area contributed by atoms with Crippen LogP contribution < -0.4 is 15.0 Å². The SMILES string of the molecule is COc1cc(-c2[nH]c3cnc(N4CCC(NC5COC5)CC4)cc3c2C(C)C)cn2ncnc12. The minimum Gasteiger partial charge on any atom is -0.493 e. The van der Waals surface area contributed by atoms with Crippen LogP contribution in [-0.4, -0.2) is 70.1 Å². The van der Waals surface area contributed by atoms with Crippen molar-refractivity contribution in [3.05, 3.63) is 36.4 Å². The Morgan fingerprint density at radius 1 is 1.15 bits per heavy atom. The first kappa shape index (κ1) is 21.4. The molecule has 2 N–H and O–H groups in total. The summed E-state index contributed by atoms with van der Waals surface area (Å²) in [5.74, 6) is 2.08. The van der Waals surface area contributed by atoms with Crippen molar-refractivity contribution in [1.82, 2.24) is 29.9 Å². The summed E-state index contributed by atoms with van der Waals surface area (Å²) in [6, 6.07) is 5.39. The number of hydrogen-bond acceptors (Lipinski definition) is 7. The molecule has 0 aliphatic carbocycles. The lowest BCUT2D eigenvalue weighted by atomic mass is 9.96. The van der Waals surface area contributed by atoms with Gasteiger partial charge in [-0.25, -0.2) is 14.5 Å². The first-order valence-electron chi connectivity index (χ1n) is 12.1. The molecule has 2 fully saturated rings. The van der Waals surface area contributed by atoms with E-state index in [2.05, 4.69) is 45.2 Å². The van der Waals surface area contributed by atoms with Gasteiger partial charge in [0, 0.05) is 36.3 Å². The first-order chi connectivity index (χ1) is 16.6. The molecule has 4 aromatic rings. The van der Waals surface area contributed by atoms with E-state index in [0.29, 0.717) is 29.4 Å². The summed E-state index contributed by atoms with van der Waals surface area (Å²) in [4.78, 5) is 15.2. The Bertz CT molecular complexity index is 1320. The Morgan fingerprint density at radius 2 is 1.97 bits per heavy atom. The molecule has 0 aromatic carbocycles. The summed E-state index contributed by atoms with van der Waals surface area (Å²) in [5, 5.41) is 9.28. The first-order valence-corrected chi connectivity index (χ1v) is 12.1. The van der Waals surface area contributed by atoms with Gasteiger partial charge in [0.15, 0.2) is 11.4 Å². The number of methoxy groups -OCH3 is 1. The molecule has 6 heterocycles. The van der Waals surface area contributed by atoms with E-state index in [1.807, 2.05) is 18.5 Å². The number of aromatic amines is 1. The largest absolute Gasteiger partial charge is 0.493 e. The van der Waals surface area contributed by atoms with E-state index in [9.17, 15) is 0 Å². The molecule has 178 valence electrons. The zero-order valence-corrected chi connectivity index (χ0v) is 19.9. The van der Waals surface area contributed by atoms with Gasteiger partial charge < -0.3 is 24.7 Å². The second kappa shape index (κ2) is 8.56. The van der Waals surface area contributed by atoms with Gasteiger partial charge in [0.05, 0.1) is 43.8 Å². The zero-order valence-electron chi connectivity index (χ0n) is 19.9.